The van der Waals surface area contributed by atoms with Crippen molar-refractivity contribution in [2.24, 2.45) is 5.92 Å². The molecule has 1 amide bonds. The van der Waals surface area contributed by atoms with E-state index < -0.39 is 0 Å². The molecule has 1 aliphatic heterocycles. The van der Waals surface area contributed by atoms with Gasteiger partial charge in [0.1, 0.15) is 0 Å². The highest BCUT2D eigenvalue weighted by atomic mass is 35.5. The molecule has 1 aliphatic rings. The summed E-state index contributed by atoms with van der Waals surface area (Å²) in [5, 5.41) is 6.90. The topological polar surface area (TPSA) is 41.1 Å². The van der Waals surface area contributed by atoms with Gasteiger partial charge in [0.15, 0.2) is 0 Å². The minimum Gasteiger partial charge on any atom is -0.326 e. The Morgan fingerprint density at radius 1 is 1.53 bits per heavy atom. The predicted molar refractivity (Wildman–Crippen MR) is 70.3 cm³/mol. The first-order valence-electron chi connectivity index (χ1n) is 5.95. The van der Waals surface area contributed by atoms with E-state index in [0.717, 1.165) is 25.1 Å². The molecule has 1 fully saturated rings. The standard InChI is InChI=1S/C13H17ClN2O/c1-9-7-10(5-6-15-9)13(17)16-12-4-2-3-11(14)8-12/h2-4,8-10,15H,5-7H2,1H3,(H,16,17). The van der Waals surface area contributed by atoms with Crippen LogP contribution in [-0.2, 0) is 4.79 Å². The number of hydrogen-bond donors (Lipinski definition) is 2. The highest BCUT2D eigenvalue weighted by molar-refractivity contribution is 6.30. The second kappa shape index (κ2) is 5.52. The highest BCUT2D eigenvalue weighted by Crippen LogP contribution is 2.20. The summed E-state index contributed by atoms with van der Waals surface area (Å²) < 4.78 is 0. The smallest absolute Gasteiger partial charge is 0.227 e. The largest absolute Gasteiger partial charge is 0.326 e. The van der Waals surface area contributed by atoms with E-state index in [1.165, 1.54) is 0 Å². The Kier molecular flexibility index (Phi) is 4.02. The first-order valence-corrected chi connectivity index (χ1v) is 6.33. The fourth-order valence-corrected chi connectivity index (χ4v) is 2.37. The molecule has 0 spiro atoms. The van der Waals surface area contributed by atoms with Crippen molar-refractivity contribution < 1.29 is 4.79 Å². The van der Waals surface area contributed by atoms with Gasteiger partial charge in [0.05, 0.1) is 0 Å². The Morgan fingerprint density at radius 2 is 2.35 bits per heavy atom. The van der Waals surface area contributed by atoms with Gasteiger partial charge in [-0.1, -0.05) is 17.7 Å². The van der Waals surface area contributed by atoms with E-state index in [1.807, 2.05) is 12.1 Å². The van der Waals surface area contributed by atoms with Crippen LogP contribution in [0.5, 0.6) is 0 Å². The lowest BCUT2D eigenvalue weighted by molar-refractivity contribution is -0.120. The monoisotopic (exact) mass is 252 g/mol. The summed E-state index contributed by atoms with van der Waals surface area (Å²) in [5.74, 6) is 0.200. The molecule has 1 aromatic carbocycles. The molecular formula is C13H17ClN2O. The molecule has 0 aliphatic carbocycles. The molecule has 3 nitrogen and oxygen atoms in total. The van der Waals surface area contributed by atoms with Gasteiger partial charge in [0.2, 0.25) is 5.91 Å². The van der Waals surface area contributed by atoms with Crippen LogP contribution < -0.4 is 10.6 Å². The maximum absolute atomic E-state index is 12.0. The maximum Gasteiger partial charge on any atom is 0.227 e. The number of amides is 1. The van der Waals surface area contributed by atoms with E-state index in [9.17, 15) is 4.79 Å². The summed E-state index contributed by atoms with van der Waals surface area (Å²) in [6.45, 7) is 3.02. The maximum atomic E-state index is 12.0. The number of carbonyl (C=O) groups excluding carboxylic acids is 1. The molecule has 17 heavy (non-hydrogen) atoms. The van der Waals surface area contributed by atoms with Crippen LogP contribution in [0.1, 0.15) is 19.8 Å². The Balaban J connectivity index is 1.96. The van der Waals surface area contributed by atoms with Crippen molar-refractivity contribution in [3.8, 4) is 0 Å². The summed E-state index contributed by atoms with van der Waals surface area (Å²) >= 11 is 5.88. The fraction of sp³-hybridized carbons (Fsp3) is 0.462. The van der Waals surface area contributed by atoms with Gasteiger partial charge in [-0.25, -0.2) is 0 Å². The average Bonchev–Trinajstić information content (AvgIpc) is 2.29. The molecule has 1 aromatic rings. The number of anilines is 1. The van der Waals surface area contributed by atoms with Crippen LogP contribution in [0.2, 0.25) is 5.02 Å². The van der Waals surface area contributed by atoms with Crippen LogP contribution in [-0.4, -0.2) is 18.5 Å². The summed E-state index contributed by atoms with van der Waals surface area (Å²) in [6.07, 6.45) is 1.79. The molecule has 1 heterocycles. The van der Waals surface area contributed by atoms with Crippen molar-refractivity contribution in [3.63, 3.8) is 0 Å². The molecule has 2 N–H and O–H groups in total. The third-order valence-electron chi connectivity index (χ3n) is 3.09. The van der Waals surface area contributed by atoms with E-state index in [1.54, 1.807) is 12.1 Å². The van der Waals surface area contributed by atoms with Gasteiger partial charge in [0, 0.05) is 22.7 Å². The Labute approximate surface area is 107 Å². The van der Waals surface area contributed by atoms with Gasteiger partial charge in [-0.2, -0.15) is 0 Å². The van der Waals surface area contributed by atoms with E-state index in [2.05, 4.69) is 17.6 Å². The number of benzene rings is 1. The van der Waals surface area contributed by atoms with Crippen LogP contribution in [0.15, 0.2) is 24.3 Å². The van der Waals surface area contributed by atoms with E-state index in [-0.39, 0.29) is 11.8 Å². The molecule has 2 atom stereocenters. The van der Waals surface area contributed by atoms with Crippen LogP contribution in [0.25, 0.3) is 0 Å². The van der Waals surface area contributed by atoms with E-state index >= 15 is 0 Å². The molecular weight excluding hydrogens is 236 g/mol. The Bertz CT molecular complexity index is 408. The molecule has 92 valence electrons. The lowest BCUT2D eigenvalue weighted by atomic mass is 9.92. The van der Waals surface area contributed by atoms with Crippen molar-refractivity contribution in [2.45, 2.75) is 25.8 Å². The zero-order valence-electron chi connectivity index (χ0n) is 9.87. The van der Waals surface area contributed by atoms with Crippen molar-refractivity contribution >= 4 is 23.2 Å². The molecule has 1 saturated heterocycles. The van der Waals surface area contributed by atoms with Crippen molar-refractivity contribution in [2.75, 3.05) is 11.9 Å². The molecule has 0 bridgehead atoms. The van der Waals surface area contributed by atoms with Gasteiger partial charge in [-0.3, -0.25) is 4.79 Å². The van der Waals surface area contributed by atoms with Gasteiger partial charge in [-0.05, 0) is 44.5 Å². The highest BCUT2D eigenvalue weighted by Gasteiger charge is 2.24. The molecule has 2 rings (SSSR count). The van der Waals surface area contributed by atoms with Crippen LogP contribution in [0.4, 0.5) is 5.69 Å². The third-order valence-corrected chi connectivity index (χ3v) is 3.32. The Morgan fingerprint density at radius 3 is 3.06 bits per heavy atom. The molecule has 2 unspecified atom stereocenters. The number of rotatable bonds is 2. The summed E-state index contributed by atoms with van der Waals surface area (Å²) in [4.78, 5) is 12.0. The normalized spacial score (nSPS) is 24.4. The molecule has 0 radical (unpaired) electrons. The van der Waals surface area contributed by atoms with Gasteiger partial charge < -0.3 is 10.6 Å². The van der Waals surface area contributed by atoms with Crippen LogP contribution in [0, 0.1) is 5.92 Å². The van der Waals surface area contributed by atoms with Crippen molar-refractivity contribution in [3.05, 3.63) is 29.3 Å². The number of hydrogen-bond acceptors (Lipinski definition) is 2. The summed E-state index contributed by atoms with van der Waals surface area (Å²) in [6, 6.07) is 7.67. The second-order valence-corrected chi connectivity index (χ2v) is 5.01. The van der Waals surface area contributed by atoms with Gasteiger partial charge in [0.25, 0.3) is 0 Å². The minimum atomic E-state index is 0.0978. The van der Waals surface area contributed by atoms with E-state index in [0.29, 0.717) is 11.1 Å². The molecule has 0 aromatic heterocycles. The number of nitrogens with one attached hydrogen (secondary N) is 2. The Hall–Kier alpha value is -1.06. The summed E-state index contributed by atoms with van der Waals surface area (Å²) in [5.41, 5.74) is 0.772. The SMILES string of the molecule is CC1CC(C(=O)Nc2cccc(Cl)c2)CCN1. The zero-order valence-corrected chi connectivity index (χ0v) is 10.6. The molecule has 4 heteroatoms. The van der Waals surface area contributed by atoms with E-state index in [4.69, 9.17) is 11.6 Å². The number of carbonyl (C=O) groups is 1. The fourth-order valence-electron chi connectivity index (χ4n) is 2.18. The number of halogens is 1. The minimum absolute atomic E-state index is 0.0978. The van der Waals surface area contributed by atoms with Gasteiger partial charge in [-0.15, -0.1) is 0 Å². The van der Waals surface area contributed by atoms with Crippen LogP contribution in [0.3, 0.4) is 0 Å². The lowest BCUT2D eigenvalue weighted by Gasteiger charge is -2.27. The summed E-state index contributed by atoms with van der Waals surface area (Å²) in [7, 11) is 0. The lowest BCUT2D eigenvalue weighted by Crippen LogP contribution is -2.40. The first-order chi connectivity index (χ1) is 8.15. The van der Waals surface area contributed by atoms with Crippen molar-refractivity contribution in [1.29, 1.82) is 0 Å². The predicted octanol–water partition coefficient (Wildman–Crippen LogP) is 2.67. The van der Waals surface area contributed by atoms with Crippen molar-refractivity contribution in [1.82, 2.24) is 5.32 Å². The number of piperidine rings is 1. The first kappa shape index (κ1) is 12.4. The quantitative estimate of drug-likeness (QED) is 0.850. The van der Waals surface area contributed by atoms with Gasteiger partial charge >= 0.3 is 0 Å². The van der Waals surface area contributed by atoms with Crippen LogP contribution >= 0.6 is 11.6 Å². The zero-order chi connectivity index (χ0) is 12.3. The molecule has 0 saturated carbocycles. The second-order valence-electron chi connectivity index (χ2n) is 4.58. The third kappa shape index (κ3) is 3.45. The average molecular weight is 253 g/mol.